The highest BCUT2D eigenvalue weighted by Gasteiger charge is 2.41. The lowest BCUT2D eigenvalue weighted by molar-refractivity contribution is -0.139. The van der Waals surface area contributed by atoms with Gasteiger partial charge in [0, 0.05) is 0 Å². The van der Waals surface area contributed by atoms with Crippen LogP contribution in [0.2, 0.25) is 0 Å². The second-order valence-corrected chi connectivity index (χ2v) is 7.25. The summed E-state index contributed by atoms with van der Waals surface area (Å²) in [4.78, 5) is 0. The zero-order chi connectivity index (χ0) is 29.0. The van der Waals surface area contributed by atoms with E-state index in [0.717, 1.165) is 0 Å². The fraction of sp³-hybridized carbons (Fsp3) is 0.143. The molecule has 0 radical (unpaired) electrons. The average Bonchev–Trinajstić information content (AvgIpc) is 2.76. The first kappa shape index (κ1) is 28.5. The van der Waals surface area contributed by atoms with Gasteiger partial charge in [-0.2, -0.15) is 43.9 Å². The van der Waals surface area contributed by atoms with Crippen LogP contribution in [0.15, 0.2) is 30.3 Å². The number of rotatable bonds is 4. The standard InChI is InChI=1S/C21H9F13N2O2/c22-9-5-8(21(32,33)34)17(37-10-3-1-6(19(26,27)28)15(35)12(10)23)14(25)18(9)38-11-4-2-7(20(29,30)31)16(36)13(11)24/h1-5H,35-36H2. The lowest BCUT2D eigenvalue weighted by Crippen LogP contribution is -2.13. The van der Waals surface area contributed by atoms with Crippen LogP contribution in [0.5, 0.6) is 23.0 Å². The molecule has 0 aliphatic carbocycles. The molecule has 0 atom stereocenters. The molecule has 3 aromatic rings. The quantitative estimate of drug-likeness (QED) is 0.247. The topological polar surface area (TPSA) is 70.5 Å². The first-order valence-electron chi connectivity index (χ1n) is 9.50. The molecular formula is C21H9F13N2O2. The molecule has 0 saturated carbocycles. The Hall–Kier alpha value is -4.05. The van der Waals surface area contributed by atoms with E-state index >= 15 is 4.39 Å². The minimum Gasteiger partial charge on any atom is -0.450 e. The molecule has 3 aromatic carbocycles. The lowest BCUT2D eigenvalue weighted by Gasteiger charge is -2.19. The van der Waals surface area contributed by atoms with E-state index in [0.29, 0.717) is 0 Å². The molecule has 0 saturated heterocycles. The van der Waals surface area contributed by atoms with E-state index in [1.54, 1.807) is 0 Å². The number of nitrogens with two attached hydrogens (primary N) is 2. The van der Waals surface area contributed by atoms with Gasteiger partial charge in [-0.05, 0) is 30.3 Å². The summed E-state index contributed by atoms with van der Waals surface area (Å²) < 4.78 is 185. The van der Waals surface area contributed by atoms with Crippen molar-refractivity contribution in [3.63, 3.8) is 0 Å². The van der Waals surface area contributed by atoms with Gasteiger partial charge in [-0.3, -0.25) is 0 Å². The first-order chi connectivity index (χ1) is 17.2. The Morgan fingerprint density at radius 2 is 0.868 bits per heavy atom. The van der Waals surface area contributed by atoms with E-state index in [-0.39, 0.29) is 24.3 Å². The molecule has 0 aliphatic heterocycles. The van der Waals surface area contributed by atoms with Crippen molar-refractivity contribution < 1.29 is 66.5 Å². The van der Waals surface area contributed by atoms with Crippen molar-refractivity contribution in [3.8, 4) is 23.0 Å². The highest BCUT2D eigenvalue weighted by atomic mass is 19.4. The minimum absolute atomic E-state index is 0.0974. The van der Waals surface area contributed by atoms with Crippen LogP contribution in [0.1, 0.15) is 16.7 Å². The summed E-state index contributed by atoms with van der Waals surface area (Å²) in [6.45, 7) is 0. The van der Waals surface area contributed by atoms with E-state index in [1.165, 1.54) is 0 Å². The van der Waals surface area contributed by atoms with E-state index in [9.17, 15) is 52.7 Å². The molecule has 0 aliphatic rings. The number of benzene rings is 3. The fourth-order valence-corrected chi connectivity index (χ4v) is 3.01. The predicted octanol–water partition coefficient (Wildman–Crippen LogP) is 8.05. The van der Waals surface area contributed by atoms with Crippen molar-refractivity contribution >= 4 is 11.4 Å². The van der Waals surface area contributed by atoms with Crippen LogP contribution in [0.3, 0.4) is 0 Å². The normalized spacial score (nSPS) is 12.6. The molecule has 0 heterocycles. The Morgan fingerprint density at radius 3 is 1.24 bits per heavy atom. The molecule has 3 rings (SSSR count). The smallest absolute Gasteiger partial charge is 0.420 e. The van der Waals surface area contributed by atoms with Gasteiger partial charge in [0.15, 0.2) is 34.7 Å². The van der Waals surface area contributed by atoms with Crippen LogP contribution in [0.4, 0.5) is 68.5 Å². The molecule has 0 unspecified atom stereocenters. The molecule has 0 aromatic heterocycles. The number of alkyl halides is 9. The highest BCUT2D eigenvalue weighted by Crippen LogP contribution is 2.47. The summed E-state index contributed by atoms with van der Waals surface area (Å²) in [6.07, 6.45) is -16.0. The summed E-state index contributed by atoms with van der Waals surface area (Å²) in [5, 5.41) is 0. The Labute approximate surface area is 202 Å². The zero-order valence-corrected chi connectivity index (χ0v) is 17.8. The maximum atomic E-state index is 15.0. The molecule has 4 N–H and O–H groups in total. The Balaban J connectivity index is 2.17. The number of nitrogen functional groups attached to an aromatic ring is 2. The third-order valence-corrected chi connectivity index (χ3v) is 4.76. The number of ether oxygens (including phenoxy) is 2. The number of hydrogen-bond acceptors (Lipinski definition) is 4. The lowest BCUT2D eigenvalue weighted by atomic mass is 10.1. The van der Waals surface area contributed by atoms with Crippen LogP contribution in [0, 0.1) is 23.3 Å². The van der Waals surface area contributed by atoms with Gasteiger partial charge in [-0.1, -0.05) is 0 Å². The van der Waals surface area contributed by atoms with Crippen molar-refractivity contribution in [1.29, 1.82) is 0 Å². The maximum Gasteiger partial charge on any atom is 0.420 e. The summed E-state index contributed by atoms with van der Waals surface area (Å²) in [5.41, 5.74) is 1.08. The van der Waals surface area contributed by atoms with Crippen LogP contribution in [0.25, 0.3) is 0 Å². The van der Waals surface area contributed by atoms with Crippen molar-refractivity contribution in [3.05, 3.63) is 70.3 Å². The second-order valence-electron chi connectivity index (χ2n) is 7.25. The number of halogens is 13. The van der Waals surface area contributed by atoms with Gasteiger partial charge in [0.1, 0.15) is 5.56 Å². The van der Waals surface area contributed by atoms with Crippen molar-refractivity contribution in [2.45, 2.75) is 18.5 Å². The van der Waals surface area contributed by atoms with E-state index in [4.69, 9.17) is 11.5 Å². The molecule has 0 spiro atoms. The van der Waals surface area contributed by atoms with Gasteiger partial charge in [0.05, 0.1) is 22.5 Å². The van der Waals surface area contributed by atoms with Crippen molar-refractivity contribution in [2.24, 2.45) is 0 Å². The van der Waals surface area contributed by atoms with E-state index in [2.05, 4.69) is 9.47 Å². The average molecular weight is 568 g/mol. The largest absolute Gasteiger partial charge is 0.450 e. The Morgan fingerprint density at radius 1 is 0.500 bits per heavy atom. The SMILES string of the molecule is Nc1c(C(F)(F)F)ccc(Oc2c(F)cc(C(F)(F)F)c(Oc3ccc(C(F)(F)F)c(N)c3F)c2F)c1F. The van der Waals surface area contributed by atoms with Crippen LogP contribution in [-0.2, 0) is 18.5 Å². The third kappa shape index (κ3) is 5.31. The Kier molecular flexibility index (Phi) is 7.02. The third-order valence-electron chi connectivity index (χ3n) is 4.76. The van der Waals surface area contributed by atoms with Crippen molar-refractivity contribution in [2.75, 3.05) is 11.5 Å². The summed E-state index contributed by atoms with van der Waals surface area (Å²) in [7, 11) is 0. The van der Waals surface area contributed by atoms with Gasteiger partial charge in [0.25, 0.3) is 0 Å². The molecular weight excluding hydrogens is 559 g/mol. The molecule has 17 heteroatoms. The minimum atomic E-state index is -5.62. The monoisotopic (exact) mass is 568 g/mol. The van der Waals surface area contributed by atoms with Crippen molar-refractivity contribution in [1.82, 2.24) is 0 Å². The molecule has 206 valence electrons. The van der Waals surface area contributed by atoms with Crippen LogP contribution >= 0.6 is 0 Å². The summed E-state index contributed by atoms with van der Waals surface area (Å²) in [5.74, 6) is -15.4. The molecule has 0 amide bonds. The van der Waals surface area contributed by atoms with Gasteiger partial charge in [0.2, 0.25) is 11.6 Å². The zero-order valence-electron chi connectivity index (χ0n) is 17.8. The number of anilines is 2. The highest BCUT2D eigenvalue weighted by molar-refractivity contribution is 5.58. The number of hydrogen-bond donors (Lipinski definition) is 2. The molecule has 0 bridgehead atoms. The van der Waals surface area contributed by atoms with Crippen LogP contribution < -0.4 is 20.9 Å². The van der Waals surface area contributed by atoms with Gasteiger partial charge in [-0.25, -0.2) is 13.2 Å². The summed E-state index contributed by atoms with van der Waals surface area (Å²) >= 11 is 0. The summed E-state index contributed by atoms with van der Waals surface area (Å²) in [6, 6.07) is 0.145. The molecule has 38 heavy (non-hydrogen) atoms. The van der Waals surface area contributed by atoms with E-state index < -0.39 is 98.9 Å². The predicted molar refractivity (Wildman–Crippen MR) is 103 cm³/mol. The van der Waals surface area contributed by atoms with E-state index in [1.807, 2.05) is 0 Å². The molecule has 0 fully saturated rings. The Bertz CT molecular complexity index is 1400. The first-order valence-corrected chi connectivity index (χ1v) is 9.50. The molecule has 4 nitrogen and oxygen atoms in total. The van der Waals surface area contributed by atoms with Gasteiger partial charge >= 0.3 is 18.5 Å². The van der Waals surface area contributed by atoms with Crippen LogP contribution in [-0.4, -0.2) is 0 Å². The second kappa shape index (κ2) is 9.36. The van der Waals surface area contributed by atoms with Gasteiger partial charge < -0.3 is 20.9 Å². The van der Waals surface area contributed by atoms with Gasteiger partial charge in [-0.15, -0.1) is 0 Å². The fourth-order valence-electron chi connectivity index (χ4n) is 3.01. The maximum absolute atomic E-state index is 15.0.